The number of hydrogen-bond acceptors (Lipinski definition) is 3. The Hall–Kier alpha value is -2.05. The lowest BCUT2D eigenvalue weighted by Crippen LogP contribution is -2.34. The fourth-order valence-electron chi connectivity index (χ4n) is 1.27. The Morgan fingerprint density at radius 2 is 1.81 bits per heavy atom. The summed E-state index contributed by atoms with van der Waals surface area (Å²) in [6.45, 7) is 0. The maximum atomic E-state index is 12.8. The molecule has 1 aromatic carbocycles. The number of halogens is 3. The second-order valence-electron chi connectivity index (χ2n) is 2.95. The summed E-state index contributed by atoms with van der Waals surface area (Å²) in [6, 6.07) is 7.36. The summed E-state index contributed by atoms with van der Waals surface area (Å²) in [5.41, 5.74) is -0.0215. The largest absolute Gasteiger partial charge is 0.491 e. The molecule has 0 amide bonds. The molecule has 2 aromatic rings. The third-order valence-electron chi connectivity index (χ3n) is 1.88. The van der Waals surface area contributed by atoms with Crippen LogP contribution in [0.2, 0.25) is 0 Å². The van der Waals surface area contributed by atoms with Gasteiger partial charge in [0.1, 0.15) is 6.33 Å². The number of rotatable bonds is 2. The molecule has 2 rings (SSSR count). The fraction of sp³-hybridized carbons (Fsp3) is 0.111. The third kappa shape index (κ3) is 1.97. The highest BCUT2D eigenvalue weighted by Crippen LogP contribution is 2.33. The highest BCUT2D eigenvalue weighted by Gasteiger charge is 2.40. The summed E-state index contributed by atoms with van der Waals surface area (Å²) in [6.07, 6.45) is -3.53. The molecule has 0 bridgehead atoms. The van der Waals surface area contributed by atoms with Gasteiger partial charge in [-0.3, -0.25) is 0 Å². The van der Waals surface area contributed by atoms with Gasteiger partial charge in [-0.15, -0.1) is 13.2 Å². The van der Waals surface area contributed by atoms with Gasteiger partial charge in [0, 0.05) is 0 Å². The van der Waals surface area contributed by atoms with Crippen molar-refractivity contribution < 1.29 is 13.2 Å². The average Bonchev–Trinajstić information content (AvgIpc) is 2.71. The number of nitrogens with one attached hydrogen (secondary N) is 1. The van der Waals surface area contributed by atoms with Crippen molar-refractivity contribution in [3.63, 3.8) is 0 Å². The summed E-state index contributed by atoms with van der Waals surface area (Å²) >= 11 is 0. The maximum Gasteiger partial charge on any atom is 0.491 e. The zero-order valence-electron chi connectivity index (χ0n) is 7.94. The van der Waals surface area contributed by atoms with Crippen LogP contribution in [0.3, 0.4) is 0 Å². The van der Waals surface area contributed by atoms with Gasteiger partial charge >= 0.3 is 6.30 Å². The van der Waals surface area contributed by atoms with E-state index in [9.17, 15) is 13.2 Å². The number of anilines is 2. The predicted molar refractivity (Wildman–Crippen MR) is 51.0 cm³/mol. The second kappa shape index (κ2) is 3.84. The van der Waals surface area contributed by atoms with Crippen LogP contribution in [-0.2, 0) is 0 Å². The molecule has 0 aliphatic rings. The molecule has 0 saturated heterocycles. The van der Waals surface area contributed by atoms with Gasteiger partial charge < -0.3 is 0 Å². The number of para-hydroxylation sites is 1. The molecule has 1 aromatic heterocycles. The Balaban J connectivity index is 2.45. The summed E-state index contributed by atoms with van der Waals surface area (Å²) in [7, 11) is 0. The van der Waals surface area contributed by atoms with Gasteiger partial charge in [0.25, 0.3) is 0 Å². The molecule has 0 fully saturated rings. The summed E-state index contributed by atoms with van der Waals surface area (Å²) in [5.74, 6) is -0.362. The van der Waals surface area contributed by atoms with Crippen molar-refractivity contribution >= 4 is 11.6 Å². The zero-order chi connectivity index (χ0) is 11.6. The van der Waals surface area contributed by atoms with Crippen molar-refractivity contribution in [2.75, 3.05) is 4.90 Å². The molecule has 16 heavy (non-hydrogen) atoms. The number of alkyl halides is 3. The van der Waals surface area contributed by atoms with Crippen LogP contribution in [-0.4, -0.2) is 21.5 Å². The lowest BCUT2D eigenvalue weighted by atomic mass is 10.3. The topological polar surface area (TPSA) is 44.8 Å². The predicted octanol–water partition coefficient (Wildman–Crippen LogP) is 2.46. The maximum absolute atomic E-state index is 12.8. The minimum absolute atomic E-state index is 0.0215. The Kier molecular flexibility index (Phi) is 2.51. The number of H-pyrrole nitrogens is 1. The molecule has 0 radical (unpaired) electrons. The molecular weight excluding hydrogens is 221 g/mol. The SMILES string of the molecule is FC(F)(F)N(c1ccccc1)c1ncn[nH]1. The first-order chi connectivity index (χ1) is 7.59. The Labute approximate surface area is 88.7 Å². The molecule has 4 nitrogen and oxygen atoms in total. The Bertz CT molecular complexity index is 438. The Morgan fingerprint density at radius 1 is 1.12 bits per heavy atom. The molecule has 7 heteroatoms. The molecule has 0 unspecified atom stereocenters. The van der Waals surface area contributed by atoms with Gasteiger partial charge in [-0.1, -0.05) is 18.2 Å². The second-order valence-corrected chi connectivity index (χ2v) is 2.95. The first-order valence-corrected chi connectivity index (χ1v) is 4.36. The van der Waals surface area contributed by atoms with E-state index in [0.717, 1.165) is 6.33 Å². The van der Waals surface area contributed by atoms with Crippen molar-refractivity contribution in [3.05, 3.63) is 36.7 Å². The number of benzene rings is 1. The summed E-state index contributed by atoms with van der Waals surface area (Å²) in [5, 5.41) is 5.59. The van der Waals surface area contributed by atoms with Crippen LogP contribution in [0.15, 0.2) is 36.7 Å². The van der Waals surface area contributed by atoms with E-state index in [1.807, 2.05) is 0 Å². The average molecular weight is 228 g/mol. The van der Waals surface area contributed by atoms with Gasteiger partial charge in [-0.25, -0.2) is 10.00 Å². The molecule has 1 heterocycles. The van der Waals surface area contributed by atoms with Crippen molar-refractivity contribution in [1.82, 2.24) is 15.2 Å². The molecule has 0 atom stereocenters. The third-order valence-corrected chi connectivity index (χ3v) is 1.88. The highest BCUT2D eigenvalue weighted by atomic mass is 19.4. The van der Waals surface area contributed by atoms with E-state index in [2.05, 4.69) is 15.2 Å². The van der Waals surface area contributed by atoms with E-state index < -0.39 is 6.30 Å². The van der Waals surface area contributed by atoms with Crippen LogP contribution in [0.1, 0.15) is 0 Å². The molecule has 0 aliphatic carbocycles. The zero-order valence-corrected chi connectivity index (χ0v) is 7.94. The molecule has 0 saturated carbocycles. The van der Waals surface area contributed by atoms with Gasteiger partial charge in [0.15, 0.2) is 0 Å². The van der Waals surface area contributed by atoms with E-state index >= 15 is 0 Å². The molecule has 1 N–H and O–H groups in total. The van der Waals surface area contributed by atoms with Crippen LogP contribution in [0.25, 0.3) is 0 Å². The number of aromatic amines is 1. The van der Waals surface area contributed by atoms with E-state index in [0.29, 0.717) is 0 Å². The van der Waals surface area contributed by atoms with E-state index in [4.69, 9.17) is 0 Å². The van der Waals surface area contributed by atoms with Gasteiger partial charge in [0.2, 0.25) is 5.95 Å². The van der Waals surface area contributed by atoms with Crippen molar-refractivity contribution in [1.29, 1.82) is 0 Å². The first kappa shape index (κ1) is 10.5. The summed E-state index contributed by atoms with van der Waals surface area (Å²) < 4.78 is 38.4. The molecular formula is C9H7F3N4. The van der Waals surface area contributed by atoms with Crippen molar-refractivity contribution in [2.45, 2.75) is 6.30 Å². The van der Waals surface area contributed by atoms with Gasteiger partial charge in [0.05, 0.1) is 5.69 Å². The van der Waals surface area contributed by atoms with Gasteiger partial charge in [-0.05, 0) is 12.1 Å². The monoisotopic (exact) mass is 228 g/mol. The minimum Gasteiger partial charge on any atom is -0.245 e. The fourth-order valence-corrected chi connectivity index (χ4v) is 1.27. The Morgan fingerprint density at radius 3 is 2.31 bits per heavy atom. The van der Waals surface area contributed by atoms with Gasteiger partial charge in [-0.2, -0.15) is 10.1 Å². The molecule has 84 valence electrons. The first-order valence-electron chi connectivity index (χ1n) is 4.36. The smallest absolute Gasteiger partial charge is 0.245 e. The van der Waals surface area contributed by atoms with Crippen LogP contribution < -0.4 is 4.90 Å². The standard InChI is InChI=1S/C9H7F3N4/c10-9(11,12)16(8-13-6-14-15-8)7-4-2-1-3-5-7/h1-6H,(H,13,14,15). The van der Waals surface area contributed by atoms with Crippen LogP contribution >= 0.6 is 0 Å². The van der Waals surface area contributed by atoms with Crippen LogP contribution in [0.4, 0.5) is 24.8 Å². The van der Waals surface area contributed by atoms with E-state index in [-0.39, 0.29) is 16.5 Å². The van der Waals surface area contributed by atoms with Crippen LogP contribution in [0.5, 0.6) is 0 Å². The minimum atomic E-state index is -4.55. The molecule has 0 aliphatic heterocycles. The van der Waals surface area contributed by atoms with Crippen molar-refractivity contribution in [3.8, 4) is 0 Å². The van der Waals surface area contributed by atoms with E-state index in [1.165, 1.54) is 24.3 Å². The lowest BCUT2D eigenvalue weighted by Gasteiger charge is -2.23. The van der Waals surface area contributed by atoms with E-state index in [1.54, 1.807) is 6.07 Å². The van der Waals surface area contributed by atoms with Crippen LogP contribution in [0, 0.1) is 0 Å². The van der Waals surface area contributed by atoms with Crippen molar-refractivity contribution in [2.24, 2.45) is 0 Å². The summed E-state index contributed by atoms with van der Waals surface area (Å²) in [4.78, 5) is 3.62. The molecule has 0 spiro atoms. The normalized spacial score (nSPS) is 11.4. The number of nitrogens with zero attached hydrogens (tertiary/aromatic N) is 3. The lowest BCUT2D eigenvalue weighted by molar-refractivity contribution is -0.121. The highest BCUT2D eigenvalue weighted by molar-refractivity contribution is 5.57. The number of aromatic nitrogens is 3. The number of hydrogen-bond donors (Lipinski definition) is 1. The quantitative estimate of drug-likeness (QED) is 0.803.